The first-order chi connectivity index (χ1) is 7.28. The molecular formula is C10H14F3NO2. The van der Waals surface area contributed by atoms with E-state index >= 15 is 0 Å². The number of hydrogen-bond donors (Lipinski definition) is 1. The normalized spacial score (nSPS) is 38.5. The monoisotopic (exact) mass is 237 g/mol. The number of esters is 1. The van der Waals surface area contributed by atoms with Gasteiger partial charge in [0.25, 0.3) is 0 Å². The average molecular weight is 237 g/mol. The van der Waals surface area contributed by atoms with Gasteiger partial charge in [-0.15, -0.1) is 0 Å². The molecule has 92 valence electrons. The predicted molar refractivity (Wildman–Crippen MR) is 49.7 cm³/mol. The molecule has 3 atom stereocenters. The average Bonchev–Trinajstić information content (AvgIpc) is 2.43. The second-order valence-electron chi connectivity index (χ2n) is 4.88. The van der Waals surface area contributed by atoms with Gasteiger partial charge >= 0.3 is 12.1 Å². The number of carbonyl (C=O) groups is 1. The van der Waals surface area contributed by atoms with Crippen molar-refractivity contribution < 1.29 is 22.7 Å². The SMILES string of the molecule is C[C@@]1(OC(=O)C(F)(F)F)C[C@H]2CC[C@@H](C1)N2. The fraction of sp³-hybridized carbons (Fsp3) is 0.900. The van der Waals surface area contributed by atoms with Crippen molar-refractivity contribution >= 4 is 5.97 Å². The van der Waals surface area contributed by atoms with Gasteiger partial charge < -0.3 is 10.1 Å². The van der Waals surface area contributed by atoms with Crippen LogP contribution in [0.25, 0.3) is 0 Å². The van der Waals surface area contributed by atoms with E-state index < -0.39 is 17.7 Å². The summed E-state index contributed by atoms with van der Waals surface area (Å²) in [7, 11) is 0. The van der Waals surface area contributed by atoms with Gasteiger partial charge in [-0.25, -0.2) is 4.79 Å². The number of carbonyl (C=O) groups excluding carboxylic acids is 1. The van der Waals surface area contributed by atoms with Gasteiger partial charge in [0.2, 0.25) is 0 Å². The van der Waals surface area contributed by atoms with Crippen molar-refractivity contribution in [3.8, 4) is 0 Å². The molecule has 16 heavy (non-hydrogen) atoms. The Hall–Kier alpha value is -0.780. The molecule has 2 rings (SSSR count). The van der Waals surface area contributed by atoms with E-state index in [9.17, 15) is 18.0 Å². The van der Waals surface area contributed by atoms with E-state index in [0.717, 1.165) is 12.8 Å². The van der Waals surface area contributed by atoms with Gasteiger partial charge in [-0.05, 0) is 19.8 Å². The standard InChI is InChI=1S/C10H14F3NO2/c1-9(16-8(15)10(11,12)13)4-6-2-3-7(5-9)14-6/h6-7,14H,2-5H2,1H3/t6-,7+,9-. The van der Waals surface area contributed by atoms with E-state index in [0.29, 0.717) is 12.8 Å². The van der Waals surface area contributed by atoms with Gasteiger partial charge in [-0.2, -0.15) is 13.2 Å². The zero-order valence-electron chi connectivity index (χ0n) is 8.93. The van der Waals surface area contributed by atoms with Crippen molar-refractivity contribution in [2.75, 3.05) is 0 Å². The largest absolute Gasteiger partial charge is 0.490 e. The topological polar surface area (TPSA) is 38.3 Å². The molecule has 1 N–H and O–H groups in total. The lowest BCUT2D eigenvalue weighted by molar-refractivity contribution is -0.215. The van der Waals surface area contributed by atoms with Gasteiger partial charge in [0, 0.05) is 24.9 Å². The van der Waals surface area contributed by atoms with Crippen molar-refractivity contribution in [3.05, 3.63) is 0 Å². The summed E-state index contributed by atoms with van der Waals surface area (Å²) in [5.41, 5.74) is -0.969. The fourth-order valence-electron chi connectivity index (χ4n) is 2.72. The molecule has 0 spiro atoms. The predicted octanol–water partition coefficient (Wildman–Crippen LogP) is 1.77. The first kappa shape index (κ1) is 11.7. The Kier molecular flexibility index (Phi) is 2.64. The molecular weight excluding hydrogens is 223 g/mol. The van der Waals surface area contributed by atoms with E-state index in [1.54, 1.807) is 6.92 Å². The van der Waals surface area contributed by atoms with E-state index in [-0.39, 0.29) is 12.1 Å². The number of fused-ring (bicyclic) bond motifs is 2. The first-order valence-electron chi connectivity index (χ1n) is 5.35. The summed E-state index contributed by atoms with van der Waals surface area (Å²) in [6.45, 7) is 1.59. The Morgan fingerprint density at radius 2 is 1.81 bits per heavy atom. The highest BCUT2D eigenvalue weighted by Gasteiger charge is 2.49. The third kappa shape index (κ3) is 2.31. The number of rotatable bonds is 1. The Labute approximate surface area is 91.3 Å². The van der Waals surface area contributed by atoms with Crippen molar-refractivity contribution in [1.82, 2.24) is 5.32 Å². The van der Waals surface area contributed by atoms with E-state index in [2.05, 4.69) is 10.1 Å². The highest BCUT2D eigenvalue weighted by Crippen LogP contribution is 2.37. The summed E-state index contributed by atoms with van der Waals surface area (Å²) in [6, 6.07) is 0.370. The fourth-order valence-corrected chi connectivity index (χ4v) is 2.72. The lowest BCUT2D eigenvalue weighted by atomic mass is 9.89. The van der Waals surface area contributed by atoms with Gasteiger partial charge in [0.1, 0.15) is 5.60 Å². The minimum atomic E-state index is -4.90. The zero-order valence-corrected chi connectivity index (χ0v) is 8.93. The molecule has 2 aliphatic heterocycles. The summed E-state index contributed by atoms with van der Waals surface area (Å²) in [5.74, 6) is -2.07. The van der Waals surface area contributed by atoms with Crippen LogP contribution in [0, 0.1) is 0 Å². The van der Waals surface area contributed by atoms with Crippen LogP contribution in [-0.2, 0) is 9.53 Å². The summed E-state index contributed by atoms with van der Waals surface area (Å²) >= 11 is 0. The molecule has 0 saturated carbocycles. The van der Waals surface area contributed by atoms with Crippen molar-refractivity contribution in [2.24, 2.45) is 0 Å². The van der Waals surface area contributed by atoms with Crippen LogP contribution >= 0.6 is 0 Å². The van der Waals surface area contributed by atoms with E-state index in [1.165, 1.54) is 0 Å². The lowest BCUT2D eigenvalue weighted by Crippen LogP contribution is -2.50. The van der Waals surface area contributed by atoms with E-state index in [1.807, 2.05) is 0 Å². The third-order valence-electron chi connectivity index (χ3n) is 3.26. The minimum absolute atomic E-state index is 0.185. The molecule has 2 saturated heterocycles. The molecule has 0 aromatic heterocycles. The van der Waals surface area contributed by atoms with Crippen LogP contribution in [0.2, 0.25) is 0 Å². The van der Waals surface area contributed by atoms with Gasteiger partial charge in [-0.3, -0.25) is 0 Å². The summed E-state index contributed by atoms with van der Waals surface area (Å²) in [6.07, 6.45) is -2.07. The highest BCUT2D eigenvalue weighted by molar-refractivity contribution is 5.76. The molecule has 2 heterocycles. The number of alkyl halides is 3. The van der Waals surface area contributed by atoms with Gasteiger partial charge in [0.15, 0.2) is 0 Å². The molecule has 2 bridgehead atoms. The minimum Gasteiger partial charge on any atom is -0.453 e. The van der Waals surface area contributed by atoms with E-state index in [4.69, 9.17) is 0 Å². The quantitative estimate of drug-likeness (QED) is 0.706. The Morgan fingerprint density at radius 1 is 1.31 bits per heavy atom. The maximum Gasteiger partial charge on any atom is 0.490 e. The molecule has 0 radical (unpaired) electrons. The smallest absolute Gasteiger partial charge is 0.453 e. The van der Waals surface area contributed by atoms with Crippen LogP contribution < -0.4 is 5.32 Å². The van der Waals surface area contributed by atoms with Crippen molar-refractivity contribution in [2.45, 2.75) is 56.5 Å². The second kappa shape index (κ2) is 3.61. The van der Waals surface area contributed by atoms with Crippen LogP contribution in [0.3, 0.4) is 0 Å². The second-order valence-corrected chi connectivity index (χ2v) is 4.88. The number of ether oxygens (including phenoxy) is 1. The molecule has 0 unspecified atom stereocenters. The number of piperidine rings is 1. The highest BCUT2D eigenvalue weighted by atomic mass is 19.4. The number of hydrogen-bond acceptors (Lipinski definition) is 3. The maximum absolute atomic E-state index is 12.1. The Morgan fingerprint density at radius 3 is 2.25 bits per heavy atom. The summed E-state index contributed by atoms with van der Waals surface area (Å²) in [4.78, 5) is 10.8. The zero-order chi connectivity index (χ0) is 12.0. The molecule has 0 amide bonds. The maximum atomic E-state index is 12.1. The Bertz CT molecular complexity index is 291. The van der Waals surface area contributed by atoms with Crippen LogP contribution in [0.15, 0.2) is 0 Å². The van der Waals surface area contributed by atoms with Gasteiger partial charge in [0.05, 0.1) is 0 Å². The molecule has 0 aliphatic carbocycles. The molecule has 2 fully saturated rings. The third-order valence-corrected chi connectivity index (χ3v) is 3.26. The van der Waals surface area contributed by atoms with Crippen molar-refractivity contribution in [1.29, 1.82) is 0 Å². The molecule has 2 aliphatic rings. The molecule has 0 aromatic carbocycles. The first-order valence-corrected chi connectivity index (χ1v) is 5.35. The lowest BCUT2D eigenvalue weighted by Gasteiger charge is -2.37. The number of halogens is 3. The van der Waals surface area contributed by atoms with Crippen LogP contribution in [0.4, 0.5) is 13.2 Å². The molecule has 0 aromatic rings. The number of nitrogens with one attached hydrogen (secondary N) is 1. The van der Waals surface area contributed by atoms with Gasteiger partial charge in [-0.1, -0.05) is 0 Å². The molecule has 3 nitrogen and oxygen atoms in total. The summed E-state index contributed by atoms with van der Waals surface area (Å²) < 4.78 is 40.9. The summed E-state index contributed by atoms with van der Waals surface area (Å²) in [5, 5.41) is 3.28. The molecule has 6 heteroatoms. The van der Waals surface area contributed by atoms with Crippen LogP contribution in [0.1, 0.15) is 32.6 Å². The van der Waals surface area contributed by atoms with Crippen LogP contribution in [-0.4, -0.2) is 29.8 Å². The van der Waals surface area contributed by atoms with Crippen molar-refractivity contribution in [3.63, 3.8) is 0 Å². The van der Waals surface area contributed by atoms with Crippen LogP contribution in [0.5, 0.6) is 0 Å². The Balaban J connectivity index is 2.01.